The summed E-state index contributed by atoms with van der Waals surface area (Å²) in [6.45, 7) is 2.78. The number of carbonyl (C=O) groups is 1. The number of non-ortho nitro benzene ring substituents is 1. The number of rotatable bonds is 4. The number of hydrogen-bond acceptors (Lipinski definition) is 6. The van der Waals surface area contributed by atoms with Crippen LogP contribution in [0.2, 0.25) is 0 Å². The first-order valence-corrected chi connectivity index (χ1v) is 10.2. The van der Waals surface area contributed by atoms with Gasteiger partial charge in [-0.2, -0.15) is 0 Å². The Hall–Kier alpha value is -3.52. The molecule has 1 aromatic heterocycles. The second kappa shape index (κ2) is 7.31. The fourth-order valence-corrected chi connectivity index (χ4v) is 4.49. The van der Waals surface area contributed by atoms with Crippen molar-refractivity contribution in [3.8, 4) is 0 Å². The van der Waals surface area contributed by atoms with Crippen LogP contribution in [-0.4, -0.2) is 35.0 Å². The van der Waals surface area contributed by atoms with Gasteiger partial charge in [-0.15, -0.1) is 0 Å². The number of hydrogen-bond donors (Lipinski definition) is 0. The van der Waals surface area contributed by atoms with Gasteiger partial charge in [-0.05, 0) is 37.5 Å². The van der Waals surface area contributed by atoms with Crippen molar-refractivity contribution in [3.05, 3.63) is 85.3 Å². The van der Waals surface area contributed by atoms with Gasteiger partial charge in [-0.3, -0.25) is 19.7 Å². The maximum atomic E-state index is 13.5. The van der Waals surface area contributed by atoms with E-state index in [1.807, 2.05) is 13.0 Å². The highest BCUT2D eigenvalue weighted by Gasteiger charge is 2.44. The Bertz CT molecular complexity index is 1270. The van der Waals surface area contributed by atoms with Gasteiger partial charge in [0.25, 0.3) is 11.6 Å². The van der Waals surface area contributed by atoms with E-state index in [2.05, 4.69) is 0 Å². The number of amides is 1. The predicted octanol–water partition coefficient (Wildman–Crippen LogP) is 3.73. The van der Waals surface area contributed by atoms with Crippen LogP contribution in [0.1, 0.15) is 46.1 Å². The average molecular weight is 420 g/mol. The van der Waals surface area contributed by atoms with Crippen LogP contribution in [0.15, 0.2) is 51.7 Å². The third kappa shape index (κ3) is 3.19. The van der Waals surface area contributed by atoms with Crippen LogP contribution in [0.3, 0.4) is 0 Å². The van der Waals surface area contributed by atoms with E-state index >= 15 is 0 Å². The van der Waals surface area contributed by atoms with Gasteiger partial charge in [0.1, 0.15) is 5.58 Å². The highest BCUT2D eigenvalue weighted by molar-refractivity contribution is 5.99. The van der Waals surface area contributed by atoms with Gasteiger partial charge < -0.3 is 14.1 Å². The lowest BCUT2D eigenvalue weighted by Crippen LogP contribution is -2.36. The van der Waals surface area contributed by atoms with Crippen LogP contribution in [0.4, 0.5) is 5.69 Å². The van der Waals surface area contributed by atoms with E-state index < -0.39 is 16.9 Å². The summed E-state index contributed by atoms with van der Waals surface area (Å²) in [7, 11) is 0. The van der Waals surface area contributed by atoms with Gasteiger partial charge >= 0.3 is 0 Å². The molecule has 3 heterocycles. The summed E-state index contributed by atoms with van der Waals surface area (Å²) < 4.78 is 11.6. The highest BCUT2D eigenvalue weighted by Crippen LogP contribution is 2.39. The van der Waals surface area contributed by atoms with Crippen molar-refractivity contribution < 1.29 is 18.9 Å². The molecule has 1 amide bonds. The topological polar surface area (TPSA) is 103 Å². The van der Waals surface area contributed by atoms with E-state index in [0.717, 1.165) is 18.4 Å². The molecule has 31 heavy (non-hydrogen) atoms. The molecule has 3 aromatic rings. The molecule has 0 saturated carbocycles. The minimum Gasteiger partial charge on any atom is -0.450 e. The largest absolute Gasteiger partial charge is 0.450 e. The molecule has 1 saturated heterocycles. The molecule has 2 atom stereocenters. The number of carbonyl (C=O) groups excluding carboxylic acids is 1. The summed E-state index contributed by atoms with van der Waals surface area (Å²) in [5.74, 6) is -0.405. The number of nitro benzene ring substituents is 1. The molecule has 2 aliphatic rings. The van der Waals surface area contributed by atoms with Crippen molar-refractivity contribution in [2.24, 2.45) is 0 Å². The Labute approximate surface area is 177 Å². The van der Waals surface area contributed by atoms with Crippen molar-refractivity contribution in [2.45, 2.75) is 31.9 Å². The van der Waals surface area contributed by atoms with Crippen molar-refractivity contribution in [1.82, 2.24) is 4.90 Å². The third-order valence-corrected chi connectivity index (χ3v) is 5.94. The van der Waals surface area contributed by atoms with E-state index in [1.165, 1.54) is 12.1 Å². The van der Waals surface area contributed by atoms with Crippen molar-refractivity contribution in [2.75, 3.05) is 13.2 Å². The Balaban J connectivity index is 1.72. The maximum absolute atomic E-state index is 13.5. The maximum Gasteiger partial charge on any atom is 0.291 e. The quantitative estimate of drug-likeness (QED) is 0.471. The summed E-state index contributed by atoms with van der Waals surface area (Å²) in [6.07, 6.45) is 1.57. The fourth-order valence-electron chi connectivity index (χ4n) is 4.49. The van der Waals surface area contributed by atoms with E-state index in [1.54, 1.807) is 29.2 Å². The van der Waals surface area contributed by atoms with Gasteiger partial charge in [-0.25, -0.2) is 0 Å². The van der Waals surface area contributed by atoms with Crippen LogP contribution < -0.4 is 5.43 Å². The van der Waals surface area contributed by atoms with Gasteiger partial charge in [0.15, 0.2) is 5.43 Å². The minimum absolute atomic E-state index is 0.00384. The molecular weight excluding hydrogens is 400 g/mol. The molecule has 0 unspecified atom stereocenters. The first-order chi connectivity index (χ1) is 14.9. The third-order valence-electron chi connectivity index (χ3n) is 5.94. The molecule has 5 rings (SSSR count). The van der Waals surface area contributed by atoms with E-state index in [4.69, 9.17) is 9.15 Å². The molecule has 8 heteroatoms. The average Bonchev–Trinajstić information content (AvgIpc) is 3.36. The molecular formula is C23H20N2O6. The van der Waals surface area contributed by atoms with Gasteiger partial charge in [0, 0.05) is 25.3 Å². The Kier molecular flexibility index (Phi) is 4.59. The van der Waals surface area contributed by atoms with Crippen molar-refractivity contribution >= 4 is 22.6 Å². The lowest BCUT2D eigenvalue weighted by Gasteiger charge is -2.27. The number of nitrogens with zero attached hydrogens (tertiary/aromatic N) is 2. The Morgan fingerprint density at radius 3 is 2.77 bits per heavy atom. The zero-order valence-corrected chi connectivity index (χ0v) is 16.9. The molecule has 0 aliphatic carbocycles. The van der Waals surface area contributed by atoms with Gasteiger partial charge in [0.05, 0.1) is 28.0 Å². The molecule has 0 spiro atoms. The molecule has 8 nitrogen and oxygen atoms in total. The number of nitro groups is 1. The van der Waals surface area contributed by atoms with Crippen LogP contribution in [0.5, 0.6) is 0 Å². The van der Waals surface area contributed by atoms with Crippen LogP contribution in [0, 0.1) is 17.0 Å². The monoisotopic (exact) mass is 420 g/mol. The minimum atomic E-state index is -0.771. The first-order valence-electron chi connectivity index (χ1n) is 10.2. The second-order valence-electron chi connectivity index (χ2n) is 8.02. The Morgan fingerprint density at radius 1 is 1.19 bits per heavy atom. The van der Waals surface area contributed by atoms with E-state index in [9.17, 15) is 19.7 Å². The fraction of sp³-hybridized carbons (Fsp3) is 0.304. The van der Waals surface area contributed by atoms with Gasteiger partial charge in [-0.1, -0.05) is 23.8 Å². The Morgan fingerprint density at radius 2 is 2.03 bits per heavy atom. The lowest BCUT2D eigenvalue weighted by molar-refractivity contribution is -0.384. The molecule has 2 aromatic carbocycles. The molecule has 0 N–H and O–H groups in total. The zero-order valence-electron chi connectivity index (χ0n) is 16.9. The molecule has 2 aliphatic heterocycles. The van der Waals surface area contributed by atoms with E-state index in [0.29, 0.717) is 23.1 Å². The number of fused-ring (bicyclic) bond motifs is 2. The van der Waals surface area contributed by atoms with Gasteiger partial charge in [0.2, 0.25) is 5.76 Å². The van der Waals surface area contributed by atoms with Crippen LogP contribution in [0.25, 0.3) is 11.0 Å². The zero-order chi connectivity index (χ0) is 21.7. The van der Waals surface area contributed by atoms with Crippen LogP contribution in [-0.2, 0) is 4.74 Å². The standard InChI is InChI=1S/C23H20N2O6/c1-13-7-8-18-17(10-13)21(26)19-20(14-4-2-5-15(11-14)25(28)29)24(23(27)22(19)31-18)12-16-6-3-9-30-16/h2,4-5,7-8,10-11,16,20H,3,6,9,12H2,1H3/t16-,20-/m1/s1. The summed E-state index contributed by atoms with van der Waals surface area (Å²) in [5, 5.41) is 11.7. The normalized spacial score (nSPS) is 20.4. The molecule has 0 radical (unpaired) electrons. The predicted molar refractivity (Wildman–Crippen MR) is 112 cm³/mol. The molecule has 0 bridgehead atoms. The summed E-state index contributed by atoms with van der Waals surface area (Å²) >= 11 is 0. The molecule has 158 valence electrons. The smallest absolute Gasteiger partial charge is 0.291 e. The highest BCUT2D eigenvalue weighted by atomic mass is 16.6. The first kappa shape index (κ1) is 19.4. The summed E-state index contributed by atoms with van der Waals surface area (Å²) in [5.41, 5.74) is 1.57. The number of aryl methyl sites for hydroxylation is 1. The lowest BCUT2D eigenvalue weighted by atomic mass is 9.97. The van der Waals surface area contributed by atoms with Crippen LogP contribution >= 0.6 is 0 Å². The number of benzene rings is 2. The summed E-state index contributed by atoms with van der Waals surface area (Å²) in [6, 6.07) is 10.5. The second-order valence-corrected chi connectivity index (χ2v) is 8.02. The number of ether oxygens (including phenoxy) is 1. The van der Waals surface area contributed by atoms with E-state index in [-0.39, 0.29) is 35.1 Å². The molecule has 1 fully saturated rings. The van der Waals surface area contributed by atoms with Crippen molar-refractivity contribution in [1.29, 1.82) is 0 Å². The SMILES string of the molecule is Cc1ccc2oc3c(c(=O)c2c1)[C@@H](c1cccc([N+](=O)[O-])c1)N(C[C@H]1CCCO1)C3=O. The summed E-state index contributed by atoms with van der Waals surface area (Å²) in [4.78, 5) is 39.3. The van der Waals surface area contributed by atoms with Crippen molar-refractivity contribution in [3.63, 3.8) is 0 Å².